The standard InChI is InChI=1S/C26H22F3NO5/c27-26(28,29)18-3-1-2-16(10-18)12-30-13-20(32)14-34-21-8-9-22-24(11-21)35-15-23(25(22)33)17-4-6-19(31)7-5-17/h1-11,15,20,30-32H,12-14H2/t20-/m0/s1. The van der Waals surface area contributed by atoms with Gasteiger partial charge in [-0.15, -0.1) is 0 Å². The lowest BCUT2D eigenvalue weighted by Crippen LogP contribution is -2.31. The van der Waals surface area contributed by atoms with Crippen LogP contribution in [0.3, 0.4) is 0 Å². The Morgan fingerprint density at radius 1 is 1.03 bits per heavy atom. The number of alkyl halides is 3. The zero-order chi connectivity index (χ0) is 25.0. The number of nitrogens with one attached hydrogen (secondary N) is 1. The van der Waals surface area contributed by atoms with Crippen LogP contribution in [0.15, 0.2) is 82.2 Å². The number of halogens is 3. The zero-order valence-electron chi connectivity index (χ0n) is 18.4. The first kappa shape index (κ1) is 24.3. The maximum Gasteiger partial charge on any atom is 0.416 e. The van der Waals surface area contributed by atoms with Crippen LogP contribution in [0.1, 0.15) is 11.1 Å². The molecule has 4 aromatic rings. The van der Waals surface area contributed by atoms with Crippen LogP contribution in [-0.4, -0.2) is 29.5 Å². The average molecular weight is 485 g/mol. The number of rotatable bonds is 8. The van der Waals surface area contributed by atoms with Crippen LogP contribution < -0.4 is 15.5 Å². The second kappa shape index (κ2) is 10.2. The van der Waals surface area contributed by atoms with Gasteiger partial charge >= 0.3 is 6.18 Å². The van der Waals surface area contributed by atoms with Gasteiger partial charge in [-0.3, -0.25) is 4.79 Å². The third kappa shape index (κ3) is 6.00. The van der Waals surface area contributed by atoms with Crippen molar-refractivity contribution in [3.63, 3.8) is 0 Å². The van der Waals surface area contributed by atoms with E-state index in [1.54, 1.807) is 36.4 Å². The molecule has 182 valence electrons. The van der Waals surface area contributed by atoms with Crippen LogP contribution in [0.4, 0.5) is 13.2 Å². The van der Waals surface area contributed by atoms with Crippen LogP contribution in [0, 0.1) is 0 Å². The number of aliphatic hydroxyl groups excluding tert-OH is 1. The summed E-state index contributed by atoms with van der Waals surface area (Å²) in [5, 5.41) is 22.8. The highest BCUT2D eigenvalue weighted by atomic mass is 19.4. The van der Waals surface area contributed by atoms with Crippen molar-refractivity contribution in [1.82, 2.24) is 5.32 Å². The molecule has 3 N–H and O–H groups in total. The topological polar surface area (TPSA) is 91.9 Å². The molecule has 4 rings (SSSR count). The number of fused-ring (bicyclic) bond motifs is 1. The van der Waals surface area contributed by atoms with E-state index in [1.807, 2.05) is 0 Å². The number of hydrogen-bond acceptors (Lipinski definition) is 6. The quantitative estimate of drug-likeness (QED) is 0.335. The van der Waals surface area contributed by atoms with Gasteiger partial charge in [0.05, 0.1) is 16.5 Å². The van der Waals surface area contributed by atoms with Crippen LogP contribution in [0.25, 0.3) is 22.1 Å². The van der Waals surface area contributed by atoms with Gasteiger partial charge in [-0.25, -0.2) is 0 Å². The summed E-state index contributed by atoms with van der Waals surface area (Å²) in [5.74, 6) is 0.476. The number of hydrogen-bond donors (Lipinski definition) is 3. The monoisotopic (exact) mass is 485 g/mol. The van der Waals surface area contributed by atoms with Crippen molar-refractivity contribution in [2.45, 2.75) is 18.8 Å². The van der Waals surface area contributed by atoms with Crippen LogP contribution in [0.5, 0.6) is 11.5 Å². The largest absolute Gasteiger partial charge is 0.508 e. The number of phenolic OH excluding ortho intramolecular Hbond substituents is 1. The summed E-state index contributed by atoms with van der Waals surface area (Å²) in [5.41, 5.74) is 0.769. The minimum atomic E-state index is -4.41. The number of ether oxygens (including phenoxy) is 1. The molecule has 0 fully saturated rings. The molecule has 0 radical (unpaired) electrons. The Hall–Kier alpha value is -3.82. The van der Waals surface area contributed by atoms with Gasteiger partial charge in [-0.2, -0.15) is 13.2 Å². The maximum absolute atomic E-state index is 12.8. The van der Waals surface area contributed by atoms with Crippen molar-refractivity contribution < 1.29 is 32.5 Å². The molecule has 1 heterocycles. The molecule has 9 heteroatoms. The fourth-order valence-electron chi connectivity index (χ4n) is 3.53. The summed E-state index contributed by atoms with van der Waals surface area (Å²) in [6.07, 6.45) is -3.98. The predicted octanol–water partition coefficient (Wildman–Crippen LogP) is 4.71. The summed E-state index contributed by atoms with van der Waals surface area (Å²) in [4.78, 5) is 12.8. The zero-order valence-corrected chi connectivity index (χ0v) is 18.4. The second-order valence-corrected chi connectivity index (χ2v) is 7.98. The number of phenols is 1. The molecule has 0 aliphatic rings. The van der Waals surface area contributed by atoms with Gasteiger partial charge < -0.3 is 24.7 Å². The molecule has 0 amide bonds. The summed E-state index contributed by atoms with van der Waals surface area (Å²) in [7, 11) is 0. The number of benzene rings is 3. The van der Waals surface area contributed by atoms with Crippen LogP contribution >= 0.6 is 0 Å². The highest BCUT2D eigenvalue weighted by molar-refractivity contribution is 5.82. The Kier molecular flexibility index (Phi) is 7.09. The summed E-state index contributed by atoms with van der Waals surface area (Å²) in [6, 6.07) is 15.9. The molecule has 1 aromatic heterocycles. The molecule has 0 bridgehead atoms. The van der Waals surface area contributed by atoms with E-state index < -0.39 is 17.8 Å². The van der Waals surface area contributed by atoms with Crippen molar-refractivity contribution >= 4 is 11.0 Å². The van der Waals surface area contributed by atoms with Crippen molar-refractivity contribution in [2.75, 3.05) is 13.2 Å². The molecule has 1 atom stereocenters. The lowest BCUT2D eigenvalue weighted by Gasteiger charge is -2.14. The molecular formula is C26H22F3NO5. The van der Waals surface area contributed by atoms with E-state index in [4.69, 9.17) is 9.15 Å². The van der Waals surface area contributed by atoms with Gasteiger partial charge in [0.2, 0.25) is 0 Å². The van der Waals surface area contributed by atoms with Gasteiger partial charge in [0.1, 0.15) is 36.1 Å². The van der Waals surface area contributed by atoms with E-state index >= 15 is 0 Å². The second-order valence-electron chi connectivity index (χ2n) is 7.98. The first-order valence-electron chi connectivity index (χ1n) is 10.7. The van der Waals surface area contributed by atoms with Gasteiger partial charge in [-0.1, -0.05) is 30.3 Å². The van der Waals surface area contributed by atoms with Gasteiger partial charge in [0.15, 0.2) is 5.43 Å². The van der Waals surface area contributed by atoms with Gasteiger partial charge in [0, 0.05) is 19.2 Å². The van der Waals surface area contributed by atoms with E-state index in [0.717, 1.165) is 12.1 Å². The highest BCUT2D eigenvalue weighted by Crippen LogP contribution is 2.29. The van der Waals surface area contributed by atoms with Gasteiger partial charge in [0.25, 0.3) is 0 Å². The minimum absolute atomic E-state index is 0.0725. The Labute approximate surface area is 198 Å². The smallest absolute Gasteiger partial charge is 0.416 e. The molecule has 0 saturated heterocycles. The SMILES string of the molecule is O=c1c(-c2ccc(O)cc2)coc2cc(OC[C@@H](O)CNCc3cccc(C(F)(F)F)c3)ccc12. The molecule has 0 aliphatic heterocycles. The molecule has 0 unspecified atom stereocenters. The van der Waals surface area contributed by atoms with Crippen molar-refractivity contribution in [3.8, 4) is 22.6 Å². The van der Waals surface area contributed by atoms with Crippen molar-refractivity contribution in [1.29, 1.82) is 0 Å². The van der Waals surface area contributed by atoms with Gasteiger partial charge in [-0.05, 0) is 41.5 Å². The molecule has 0 saturated carbocycles. The van der Waals surface area contributed by atoms with E-state index in [1.165, 1.54) is 24.5 Å². The highest BCUT2D eigenvalue weighted by Gasteiger charge is 2.30. The fraction of sp³-hybridized carbons (Fsp3) is 0.192. The normalized spacial score (nSPS) is 12.6. The number of aromatic hydroxyl groups is 1. The Balaban J connectivity index is 1.34. The first-order chi connectivity index (χ1) is 16.7. The Morgan fingerprint density at radius 2 is 1.80 bits per heavy atom. The van der Waals surface area contributed by atoms with E-state index in [-0.39, 0.29) is 30.9 Å². The molecule has 6 nitrogen and oxygen atoms in total. The Morgan fingerprint density at radius 3 is 2.54 bits per heavy atom. The molecule has 0 aliphatic carbocycles. The molecule has 0 spiro atoms. The first-order valence-corrected chi connectivity index (χ1v) is 10.7. The maximum atomic E-state index is 12.8. The fourth-order valence-corrected chi connectivity index (χ4v) is 3.53. The van der Waals surface area contributed by atoms with E-state index in [9.17, 15) is 28.2 Å². The minimum Gasteiger partial charge on any atom is -0.508 e. The molecule has 3 aromatic carbocycles. The molecule has 35 heavy (non-hydrogen) atoms. The van der Waals surface area contributed by atoms with E-state index in [0.29, 0.717) is 33.4 Å². The van der Waals surface area contributed by atoms with Crippen molar-refractivity contribution in [3.05, 3.63) is 94.3 Å². The summed E-state index contributed by atoms with van der Waals surface area (Å²) in [6.45, 7) is 0.192. The average Bonchev–Trinajstić information content (AvgIpc) is 2.83. The lowest BCUT2D eigenvalue weighted by atomic mass is 10.1. The van der Waals surface area contributed by atoms with E-state index in [2.05, 4.69) is 5.32 Å². The van der Waals surface area contributed by atoms with Crippen LogP contribution in [0.2, 0.25) is 0 Å². The van der Waals surface area contributed by atoms with Crippen LogP contribution in [-0.2, 0) is 12.7 Å². The third-order valence-corrected chi connectivity index (χ3v) is 5.33. The third-order valence-electron chi connectivity index (χ3n) is 5.33. The Bertz CT molecular complexity index is 1370. The number of aliphatic hydroxyl groups is 1. The summed E-state index contributed by atoms with van der Waals surface area (Å²) >= 11 is 0. The lowest BCUT2D eigenvalue weighted by molar-refractivity contribution is -0.137. The summed E-state index contributed by atoms with van der Waals surface area (Å²) < 4.78 is 49.6. The molecular weight excluding hydrogens is 463 g/mol. The predicted molar refractivity (Wildman–Crippen MR) is 124 cm³/mol. The van der Waals surface area contributed by atoms with Crippen molar-refractivity contribution in [2.24, 2.45) is 0 Å².